The van der Waals surface area contributed by atoms with E-state index in [-0.39, 0.29) is 0 Å². The summed E-state index contributed by atoms with van der Waals surface area (Å²) >= 11 is 0. The molecule has 0 fully saturated rings. The second-order valence-corrected chi connectivity index (χ2v) is 12.2. The summed E-state index contributed by atoms with van der Waals surface area (Å²) in [6.45, 7) is 8.73. The van der Waals surface area contributed by atoms with Crippen LogP contribution < -0.4 is 9.80 Å². The van der Waals surface area contributed by atoms with Crippen LogP contribution in [0.15, 0.2) is 133 Å². The molecule has 0 aliphatic carbocycles. The highest BCUT2D eigenvalue weighted by Crippen LogP contribution is 2.56. The average molecular weight is 567 g/mol. The van der Waals surface area contributed by atoms with Gasteiger partial charge in [0.1, 0.15) is 0 Å². The van der Waals surface area contributed by atoms with E-state index < -0.39 is 0 Å². The number of fused-ring (bicyclic) bond motifs is 4. The quantitative estimate of drug-likeness (QED) is 0.205. The standard InChI is InChI=1S/C42H34N2/c1-27-21-28(2)24-31(23-27)43-37-17-9-5-13-33(37)41(34-14-6-10-18-38(34)43)42-35-15-7-11-19-39(35)44(40-20-12-8-16-36(40)42)32-25-29(3)22-30(4)26-32/h5-26H,1-4H3. The molecular formula is C42H34N2. The molecule has 0 bridgehead atoms. The summed E-state index contributed by atoms with van der Waals surface area (Å²) in [5, 5.41) is 0. The van der Waals surface area contributed by atoms with Gasteiger partial charge in [-0.15, -0.1) is 0 Å². The van der Waals surface area contributed by atoms with Crippen LogP contribution >= 0.6 is 0 Å². The normalized spacial score (nSPS) is 13.3. The predicted octanol–water partition coefficient (Wildman–Crippen LogP) is 11.5. The first kappa shape index (κ1) is 26.3. The average Bonchev–Trinajstić information content (AvgIpc) is 3.01. The Hall–Kier alpha value is -5.34. The van der Waals surface area contributed by atoms with E-state index in [9.17, 15) is 0 Å². The molecule has 0 amide bonds. The van der Waals surface area contributed by atoms with Gasteiger partial charge in [0.05, 0.1) is 22.7 Å². The fourth-order valence-corrected chi connectivity index (χ4v) is 7.32. The van der Waals surface area contributed by atoms with Crippen LogP contribution in [0.25, 0.3) is 11.1 Å². The van der Waals surface area contributed by atoms with E-state index in [0.717, 1.165) is 0 Å². The van der Waals surface area contributed by atoms with Gasteiger partial charge in [0, 0.05) is 44.8 Å². The van der Waals surface area contributed by atoms with Gasteiger partial charge < -0.3 is 9.80 Å². The molecule has 0 unspecified atom stereocenters. The Kier molecular flexibility index (Phi) is 6.06. The van der Waals surface area contributed by atoms with Crippen molar-refractivity contribution in [1.82, 2.24) is 0 Å². The van der Waals surface area contributed by atoms with Crippen molar-refractivity contribution >= 4 is 45.3 Å². The SMILES string of the molecule is Cc1cc(C)cc(N2c3ccccc3C(=C3c4ccccc4N(c4cc(C)cc(C)c4)c4ccccc43)c3ccccc32)c1. The maximum atomic E-state index is 2.44. The molecule has 0 spiro atoms. The summed E-state index contributed by atoms with van der Waals surface area (Å²) in [5.74, 6) is 0. The fourth-order valence-electron chi connectivity index (χ4n) is 7.32. The van der Waals surface area contributed by atoms with Crippen LogP contribution in [0.2, 0.25) is 0 Å². The van der Waals surface area contributed by atoms with Crippen molar-refractivity contribution in [2.45, 2.75) is 27.7 Å². The number of hydrogen-bond donors (Lipinski definition) is 0. The van der Waals surface area contributed by atoms with Crippen LogP contribution in [0.1, 0.15) is 44.5 Å². The fraction of sp³-hybridized carbons (Fsp3) is 0.0952. The molecule has 44 heavy (non-hydrogen) atoms. The van der Waals surface area contributed by atoms with Crippen LogP contribution in [-0.2, 0) is 0 Å². The Bertz CT molecular complexity index is 1840. The molecule has 212 valence electrons. The number of nitrogens with zero attached hydrogens (tertiary/aromatic N) is 2. The zero-order valence-electron chi connectivity index (χ0n) is 25.6. The lowest BCUT2D eigenvalue weighted by Crippen LogP contribution is -2.22. The molecule has 6 aromatic rings. The van der Waals surface area contributed by atoms with Crippen LogP contribution in [0.4, 0.5) is 34.1 Å². The van der Waals surface area contributed by atoms with E-state index in [1.54, 1.807) is 0 Å². The number of rotatable bonds is 2. The molecule has 8 rings (SSSR count). The third-order valence-electron chi connectivity index (χ3n) is 8.84. The number of benzene rings is 6. The van der Waals surface area contributed by atoms with Gasteiger partial charge in [-0.05, 0) is 98.5 Å². The lowest BCUT2D eigenvalue weighted by atomic mass is 9.79. The molecule has 2 heterocycles. The number of hydrogen-bond acceptors (Lipinski definition) is 2. The maximum Gasteiger partial charge on any atom is 0.0540 e. The summed E-state index contributed by atoms with van der Waals surface area (Å²) in [7, 11) is 0. The van der Waals surface area contributed by atoms with Crippen molar-refractivity contribution in [2.75, 3.05) is 9.80 Å². The van der Waals surface area contributed by atoms with Crippen molar-refractivity contribution in [3.8, 4) is 0 Å². The lowest BCUT2D eigenvalue weighted by Gasteiger charge is -2.39. The Balaban J connectivity index is 1.47. The summed E-state index contributed by atoms with van der Waals surface area (Å²) in [4.78, 5) is 4.88. The molecule has 0 saturated carbocycles. The molecule has 0 aromatic heterocycles. The minimum atomic E-state index is 1.19. The van der Waals surface area contributed by atoms with E-state index in [0.29, 0.717) is 0 Å². The maximum absolute atomic E-state index is 2.44. The molecule has 0 radical (unpaired) electrons. The van der Waals surface area contributed by atoms with Gasteiger partial charge in [0.25, 0.3) is 0 Å². The highest BCUT2D eigenvalue weighted by molar-refractivity contribution is 6.17. The Morgan fingerprint density at radius 3 is 0.841 bits per heavy atom. The molecule has 0 saturated heterocycles. The molecule has 2 heteroatoms. The first-order chi connectivity index (χ1) is 21.5. The number of para-hydroxylation sites is 4. The predicted molar refractivity (Wildman–Crippen MR) is 186 cm³/mol. The molecule has 0 N–H and O–H groups in total. The van der Waals surface area contributed by atoms with Crippen molar-refractivity contribution in [2.24, 2.45) is 0 Å². The molecule has 2 aliphatic rings. The van der Waals surface area contributed by atoms with Crippen molar-refractivity contribution in [3.05, 3.63) is 178 Å². The van der Waals surface area contributed by atoms with Crippen LogP contribution in [0.3, 0.4) is 0 Å². The van der Waals surface area contributed by atoms with Crippen molar-refractivity contribution < 1.29 is 0 Å². The number of aryl methyl sites for hydroxylation is 4. The Labute approximate surface area is 260 Å². The first-order valence-electron chi connectivity index (χ1n) is 15.4. The largest absolute Gasteiger partial charge is 0.309 e. The molecule has 0 atom stereocenters. The van der Waals surface area contributed by atoms with E-state index in [2.05, 4.69) is 171 Å². The summed E-state index contributed by atoms with van der Waals surface area (Å²) in [6, 6.07) is 49.3. The zero-order chi connectivity index (χ0) is 29.9. The summed E-state index contributed by atoms with van der Waals surface area (Å²) in [6.07, 6.45) is 0. The summed E-state index contributed by atoms with van der Waals surface area (Å²) in [5.41, 5.74) is 19.8. The van der Waals surface area contributed by atoms with E-state index in [4.69, 9.17) is 0 Å². The van der Waals surface area contributed by atoms with Crippen LogP contribution in [-0.4, -0.2) is 0 Å². The Morgan fingerprint density at radius 2 is 0.568 bits per heavy atom. The molecule has 2 aliphatic heterocycles. The highest BCUT2D eigenvalue weighted by Gasteiger charge is 2.34. The van der Waals surface area contributed by atoms with E-state index in [1.165, 1.54) is 89.8 Å². The van der Waals surface area contributed by atoms with Gasteiger partial charge in [0.2, 0.25) is 0 Å². The molecular weight excluding hydrogens is 532 g/mol. The molecule has 2 nitrogen and oxygen atoms in total. The van der Waals surface area contributed by atoms with Gasteiger partial charge in [-0.3, -0.25) is 0 Å². The van der Waals surface area contributed by atoms with Gasteiger partial charge in [-0.1, -0.05) is 84.9 Å². The number of anilines is 6. The van der Waals surface area contributed by atoms with Crippen molar-refractivity contribution in [3.63, 3.8) is 0 Å². The van der Waals surface area contributed by atoms with Crippen molar-refractivity contribution in [1.29, 1.82) is 0 Å². The second-order valence-electron chi connectivity index (χ2n) is 12.2. The lowest BCUT2D eigenvalue weighted by molar-refractivity contribution is 1.21. The smallest absolute Gasteiger partial charge is 0.0540 e. The van der Waals surface area contributed by atoms with Crippen LogP contribution in [0, 0.1) is 27.7 Å². The summed E-state index contributed by atoms with van der Waals surface area (Å²) < 4.78 is 0. The minimum absolute atomic E-state index is 1.19. The van der Waals surface area contributed by atoms with Gasteiger partial charge >= 0.3 is 0 Å². The zero-order valence-corrected chi connectivity index (χ0v) is 25.6. The van der Waals surface area contributed by atoms with Gasteiger partial charge in [-0.2, -0.15) is 0 Å². The highest BCUT2D eigenvalue weighted by atomic mass is 15.2. The topological polar surface area (TPSA) is 6.48 Å². The van der Waals surface area contributed by atoms with E-state index in [1.807, 2.05) is 0 Å². The van der Waals surface area contributed by atoms with Gasteiger partial charge in [-0.25, -0.2) is 0 Å². The first-order valence-corrected chi connectivity index (χ1v) is 15.4. The minimum Gasteiger partial charge on any atom is -0.309 e. The molecule has 6 aromatic carbocycles. The third-order valence-corrected chi connectivity index (χ3v) is 8.84. The second kappa shape index (κ2) is 10.1. The van der Waals surface area contributed by atoms with Crippen LogP contribution in [0.5, 0.6) is 0 Å². The monoisotopic (exact) mass is 566 g/mol. The van der Waals surface area contributed by atoms with E-state index >= 15 is 0 Å². The third kappa shape index (κ3) is 4.10. The Morgan fingerprint density at radius 1 is 0.318 bits per heavy atom. The van der Waals surface area contributed by atoms with Gasteiger partial charge in [0.15, 0.2) is 0 Å².